The fourth-order valence-corrected chi connectivity index (χ4v) is 2.83. The van der Waals surface area contributed by atoms with E-state index in [1.165, 1.54) is 12.1 Å². The molecule has 1 atom stereocenters. The highest BCUT2D eigenvalue weighted by Crippen LogP contribution is 2.41. The zero-order valence-corrected chi connectivity index (χ0v) is 8.86. The number of hydrogen-bond acceptors (Lipinski definition) is 1. The highest BCUT2D eigenvalue weighted by molar-refractivity contribution is 9.10. The van der Waals surface area contributed by atoms with Crippen molar-refractivity contribution in [3.63, 3.8) is 0 Å². The lowest BCUT2D eigenvalue weighted by Crippen LogP contribution is -2.17. The van der Waals surface area contributed by atoms with Gasteiger partial charge in [-0.05, 0) is 37.5 Å². The van der Waals surface area contributed by atoms with Crippen molar-refractivity contribution in [2.75, 3.05) is 0 Å². The summed E-state index contributed by atoms with van der Waals surface area (Å²) in [5, 5.41) is 9.97. The third-order valence-corrected chi connectivity index (χ3v) is 3.18. The molecule has 70 valence electrons. The Kier molecular flexibility index (Phi) is 1.96. The number of benzene rings is 1. The van der Waals surface area contributed by atoms with Crippen LogP contribution in [0.4, 0.5) is 4.39 Å². The minimum atomic E-state index is -0.804. The lowest BCUT2D eigenvalue weighted by Gasteiger charge is -2.18. The molecule has 0 spiro atoms. The Balaban J connectivity index is 2.65. The summed E-state index contributed by atoms with van der Waals surface area (Å²) in [6.45, 7) is 1.77. The molecule has 0 saturated carbocycles. The van der Waals surface area contributed by atoms with Crippen molar-refractivity contribution in [1.29, 1.82) is 0 Å². The molecule has 0 radical (unpaired) electrons. The van der Waals surface area contributed by atoms with E-state index in [1.807, 2.05) is 0 Å². The van der Waals surface area contributed by atoms with Crippen molar-refractivity contribution in [2.24, 2.45) is 0 Å². The van der Waals surface area contributed by atoms with Gasteiger partial charge in [0.15, 0.2) is 0 Å². The fourth-order valence-electron chi connectivity index (χ4n) is 1.93. The number of aliphatic hydroxyl groups is 1. The molecule has 1 aromatic carbocycles. The van der Waals surface area contributed by atoms with Crippen LogP contribution in [0.1, 0.15) is 24.5 Å². The molecule has 1 N–H and O–H groups in total. The Morgan fingerprint density at radius 3 is 2.92 bits per heavy atom. The van der Waals surface area contributed by atoms with E-state index < -0.39 is 5.60 Å². The van der Waals surface area contributed by atoms with Crippen molar-refractivity contribution < 1.29 is 9.50 Å². The zero-order chi connectivity index (χ0) is 9.64. The summed E-state index contributed by atoms with van der Waals surface area (Å²) < 4.78 is 13.6. The predicted molar refractivity (Wildman–Crippen MR) is 52.0 cm³/mol. The van der Waals surface area contributed by atoms with Gasteiger partial charge in [0.1, 0.15) is 5.82 Å². The minimum absolute atomic E-state index is 0.247. The first kappa shape index (κ1) is 9.16. The van der Waals surface area contributed by atoms with Crippen LogP contribution in [-0.2, 0) is 12.0 Å². The highest BCUT2D eigenvalue weighted by atomic mass is 79.9. The predicted octanol–water partition coefficient (Wildman–Crippen LogP) is 2.74. The van der Waals surface area contributed by atoms with Crippen molar-refractivity contribution in [3.8, 4) is 0 Å². The quantitative estimate of drug-likeness (QED) is 0.745. The molecule has 0 fully saturated rings. The van der Waals surface area contributed by atoms with Crippen LogP contribution in [0.2, 0.25) is 0 Å². The Morgan fingerprint density at radius 2 is 2.23 bits per heavy atom. The van der Waals surface area contributed by atoms with Gasteiger partial charge in [-0.2, -0.15) is 0 Å². The Morgan fingerprint density at radius 1 is 1.54 bits per heavy atom. The van der Waals surface area contributed by atoms with E-state index >= 15 is 0 Å². The second kappa shape index (κ2) is 2.79. The molecule has 2 rings (SSSR count). The number of hydrogen-bond donors (Lipinski definition) is 1. The number of fused-ring (bicyclic) bond motifs is 1. The molecule has 1 nitrogen and oxygen atoms in total. The summed E-state index contributed by atoms with van der Waals surface area (Å²) in [7, 11) is 0. The van der Waals surface area contributed by atoms with Gasteiger partial charge < -0.3 is 5.11 Å². The van der Waals surface area contributed by atoms with Gasteiger partial charge in [-0.3, -0.25) is 0 Å². The lowest BCUT2D eigenvalue weighted by atomic mass is 9.99. The van der Waals surface area contributed by atoms with Gasteiger partial charge in [-0.25, -0.2) is 4.39 Å². The molecule has 0 aromatic heterocycles. The van der Waals surface area contributed by atoms with Crippen LogP contribution in [0, 0.1) is 5.82 Å². The summed E-state index contributed by atoms with van der Waals surface area (Å²) in [5.41, 5.74) is 0.952. The molecular formula is C10H10BrFO. The van der Waals surface area contributed by atoms with Crippen LogP contribution in [0.15, 0.2) is 16.6 Å². The van der Waals surface area contributed by atoms with Crippen molar-refractivity contribution in [2.45, 2.75) is 25.4 Å². The monoisotopic (exact) mass is 244 g/mol. The maximum atomic E-state index is 13.0. The van der Waals surface area contributed by atoms with Gasteiger partial charge >= 0.3 is 0 Å². The van der Waals surface area contributed by atoms with Crippen LogP contribution in [0.25, 0.3) is 0 Å². The van der Waals surface area contributed by atoms with E-state index in [4.69, 9.17) is 0 Å². The first-order chi connectivity index (χ1) is 6.00. The molecule has 1 unspecified atom stereocenters. The first-order valence-corrected chi connectivity index (χ1v) is 5.01. The molecule has 1 aliphatic rings. The minimum Gasteiger partial charge on any atom is -0.385 e. The van der Waals surface area contributed by atoms with Crippen LogP contribution in [-0.4, -0.2) is 5.11 Å². The molecular weight excluding hydrogens is 235 g/mol. The third-order valence-electron chi connectivity index (χ3n) is 2.56. The maximum absolute atomic E-state index is 13.0. The normalized spacial score (nSPS) is 26.2. The van der Waals surface area contributed by atoms with E-state index in [1.54, 1.807) is 6.92 Å². The summed E-state index contributed by atoms with van der Waals surface area (Å²) in [6.07, 6.45) is 1.42. The Hall–Kier alpha value is -0.410. The van der Waals surface area contributed by atoms with Crippen LogP contribution >= 0.6 is 15.9 Å². The van der Waals surface area contributed by atoms with E-state index in [9.17, 15) is 9.50 Å². The van der Waals surface area contributed by atoms with Gasteiger partial charge in [-0.1, -0.05) is 15.9 Å². The molecule has 0 heterocycles. The zero-order valence-electron chi connectivity index (χ0n) is 7.27. The van der Waals surface area contributed by atoms with Gasteiger partial charge in [0.25, 0.3) is 0 Å². The van der Waals surface area contributed by atoms with E-state index in [0.29, 0.717) is 10.9 Å². The van der Waals surface area contributed by atoms with E-state index in [2.05, 4.69) is 15.9 Å². The van der Waals surface area contributed by atoms with Crippen LogP contribution in [0.5, 0.6) is 0 Å². The number of rotatable bonds is 0. The summed E-state index contributed by atoms with van der Waals surface area (Å²) in [5.74, 6) is -0.247. The van der Waals surface area contributed by atoms with Gasteiger partial charge in [0, 0.05) is 10.0 Å². The van der Waals surface area contributed by atoms with Crippen molar-refractivity contribution in [1.82, 2.24) is 0 Å². The molecule has 13 heavy (non-hydrogen) atoms. The summed E-state index contributed by atoms with van der Waals surface area (Å²) in [4.78, 5) is 0. The second-order valence-corrected chi connectivity index (χ2v) is 4.55. The summed E-state index contributed by atoms with van der Waals surface area (Å²) >= 11 is 3.27. The van der Waals surface area contributed by atoms with E-state index in [-0.39, 0.29) is 5.82 Å². The molecule has 3 heteroatoms. The molecule has 1 aromatic rings. The van der Waals surface area contributed by atoms with Crippen LogP contribution < -0.4 is 0 Å². The van der Waals surface area contributed by atoms with Gasteiger partial charge in [-0.15, -0.1) is 0 Å². The Bertz CT molecular complexity index is 360. The lowest BCUT2D eigenvalue weighted by molar-refractivity contribution is 0.0588. The smallest absolute Gasteiger partial charge is 0.124 e. The number of aryl methyl sites for hydroxylation is 1. The maximum Gasteiger partial charge on any atom is 0.124 e. The first-order valence-electron chi connectivity index (χ1n) is 4.21. The van der Waals surface area contributed by atoms with Crippen molar-refractivity contribution in [3.05, 3.63) is 33.5 Å². The van der Waals surface area contributed by atoms with E-state index in [0.717, 1.165) is 17.5 Å². The molecule has 0 saturated heterocycles. The second-order valence-electron chi connectivity index (χ2n) is 3.70. The average Bonchev–Trinajstić information content (AvgIpc) is 2.26. The molecule has 1 aliphatic carbocycles. The fraction of sp³-hybridized carbons (Fsp3) is 0.400. The topological polar surface area (TPSA) is 20.2 Å². The molecule has 0 aliphatic heterocycles. The SMILES string of the molecule is CC1(O)CCc2cc(F)cc(Br)c21. The van der Waals surface area contributed by atoms with Crippen LogP contribution in [0.3, 0.4) is 0 Å². The third kappa shape index (κ3) is 1.40. The largest absolute Gasteiger partial charge is 0.385 e. The van der Waals surface area contributed by atoms with Crippen molar-refractivity contribution >= 4 is 15.9 Å². The average molecular weight is 245 g/mol. The standard InChI is InChI=1S/C10H10BrFO/c1-10(13)3-2-6-4-7(12)5-8(11)9(6)10/h4-5,13H,2-3H2,1H3. The van der Waals surface area contributed by atoms with Gasteiger partial charge in [0.05, 0.1) is 5.60 Å². The molecule has 0 amide bonds. The number of halogens is 2. The highest BCUT2D eigenvalue weighted by Gasteiger charge is 2.34. The Labute approximate surface area is 84.7 Å². The van der Waals surface area contributed by atoms with Gasteiger partial charge in [0.2, 0.25) is 0 Å². The summed E-state index contributed by atoms with van der Waals surface area (Å²) in [6, 6.07) is 2.90. The molecule has 0 bridgehead atoms.